The molecule has 2 rings (SSSR count). The molecule has 1 aromatic heterocycles. The van der Waals surface area contributed by atoms with Gasteiger partial charge in [-0.1, -0.05) is 13.0 Å². The number of alkyl halides is 3. The van der Waals surface area contributed by atoms with Crippen LogP contribution in [0, 0.1) is 0 Å². The van der Waals surface area contributed by atoms with Crippen LogP contribution in [-0.2, 0) is 19.6 Å². The van der Waals surface area contributed by atoms with E-state index < -0.39 is 17.4 Å². The van der Waals surface area contributed by atoms with Crippen molar-refractivity contribution in [2.75, 3.05) is 0 Å². The molecule has 0 unspecified atom stereocenters. The van der Waals surface area contributed by atoms with E-state index in [1.165, 1.54) is 23.7 Å². The fourth-order valence-corrected chi connectivity index (χ4v) is 1.83. The maximum absolute atomic E-state index is 12.7. The SMILES string of the molecule is CCc1nn(C)c(=O)n1-c1cccc(C(F)(F)F)c1. The van der Waals surface area contributed by atoms with Gasteiger partial charge in [-0.3, -0.25) is 0 Å². The van der Waals surface area contributed by atoms with Gasteiger partial charge < -0.3 is 0 Å². The van der Waals surface area contributed by atoms with E-state index in [2.05, 4.69) is 5.10 Å². The number of hydrogen-bond acceptors (Lipinski definition) is 2. The van der Waals surface area contributed by atoms with Crippen molar-refractivity contribution in [3.05, 3.63) is 46.1 Å². The molecule has 0 saturated heterocycles. The summed E-state index contributed by atoms with van der Waals surface area (Å²) in [6, 6.07) is 4.65. The maximum atomic E-state index is 12.7. The molecule has 7 heteroatoms. The van der Waals surface area contributed by atoms with Gasteiger partial charge in [-0.15, -0.1) is 0 Å². The van der Waals surface area contributed by atoms with Crippen molar-refractivity contribution in [3.63, 3.8) is 0 Å². The lowest BCUT2D eigenvalue weighted by atomic mass is 10.2. The summed E-state index contributed by atoms with van der Waals surface area (Å²) in [5, 5.41) is 3.98. The average Bonchev–Trinajstić information content (AvgIpc) is 2.64. The Morgan fingerprint density at radius 2 is 2.00 bits per heavy atom. The van der Waals surface area contributed by atoms with Gasteiger partial charge in [-0.25, -0.2) is 14.0 Å². The van der Waals surface area contributed by atoms with Gasteiger partial charge in [0.15, 0.2) is 0 Å². The monoisotopic (exact) mass is 271 g/mol. The van der Waals surface area contributed by atoms with Gasteiger partial charge in [0.2, 0.25) is 0 Å². The van der Waals surface area contributed by atoms with Crippen LogP contribution in [0.4, 0.5) is 13.2 Å². The molecule has 0 atom stereocenters. The number of aromatic nitrogens is 3. The summed E-state index contributed by atoms with van der Waals surface area (Å²) in [4.78, 5) is 11.9. The van der Waals surface area contributed by atoms with Crippen molar-refractivity contribution in [1.29, 1.82) is 0 Å². The Morgan fingerprint density at radius 3 is 2.58 bits per heavy atom. The van der Waals surface area contributed by atoms with E-state index in [1.54, 1.807) is 6.92 Å². The fourth-order valence-electron chi connectivity index (χ4n) is 1.83. The summed E-state index contributed by atoms with van der Waals surface area (Å²) in [5.41, 5.74) is -1.08. The average molecular weight is 271 g/mol. The van der Waals surface area contributed by atoms with Crippen LogP contribution < -0.4 is 5.69 Å². The third kappa shape index (κ3) is 2.40. The first-order valence-corrected chi connectivity index (χ1v) is 5.67. The zero-order valence-corrected chi connectivity index (χ0v) is 10.4. The highest BCUT2D eigenvalue weighted by atomic mass is 19.4. The molecule has 0 N–H and O–H groups in total. The Bertz CT molecular complexity index is 655. The molecule has 0 aliphatic carbocycles. The van der Waals surface area contributed by atoms with Crippen LogP contribution in [0.25, 0.3) is 5.69 Å². The van der Waals surface area contributed by atoms with Crippen LogP contribution in [0.3, 0.4) is 0 Å². The van der Waals surface area contributed by atoms with Crippen LogP contribution in [0.1, 0.15) is 18.3 Å². The molecular weight excluding hydrogens is 259 g/mol. The number of benzene rings is 1. The molecule has 1 heterocycles. The van der Waals surface area contributed by atoms with Gasteiger partial charge in [0, 0.05) is 13.5 Å². The number of halogens is 3. The van der Waals surface area contributed by atoms with Gasteiger partial charge in [0.05, 0.1) is 11.3 Å². The summed E-state index contributed by atoms with van der Waals surface area (Å²) >= 11 is 0. The van der Waals surface area contributed by atoms with Crippen molar-refractivity contribution in [1.82, 2.24) is 14.3 Å². The number of aryl methyl sites for hydroxylation is 2. The smallest absolute Gasteiger partial charge is 0.247 e. The molecule has 0 saturated carbocycles. The largest absolute Gasteiger partial charge is 0.416 e. The Balaban J connectivity index is 2.63. The molecule has 0 radical (unpaired) electrons. The maximum Gasteiger partial charge on any atom is 0.416 e. The lowest BCUT2D eigenvalue weighted by molar-refractivity contribution is -0.137. The molecule has 0 aliphatic rings. The van der Waals surface area contributed by atoms with Gasteiger partial charge >= 0.3 is 11.9 Å². The topological polar surface area (TPSA) is 39.8 Å². The fraction of sp³-hybridized carbons (Fsp3) is 0.333. The van der Waals surface area contributed by atoms with E-state index in [1.807, 2.05) is 0 Å². The van der Waals surface area contributed by atoms with Crippen molar-refractivity contribution in [2.24, 2.45) is 7.05 Å². The molecule has 1 aromatic carbocycles. The molecule has 0 spiro atoms. The predicted octanol–water partition coefficient (Wildman–Crippen LogP) is 2.15. The quantitative estimate of drug-likeness (QED) is 0.839. The minimum atomic E-state index is -4.44. The first-order valence-electron chi connectivity index (χ1n) is 5.67. The van der Waals surface area contributed by atoms with Crippen molar-refractivity contribution in [2.45, 2.75) is 19.5 Å². The zero-order chi connectivity index (χ0) is 14.2. The normalized spacial score (nSPS) is 11.8. The van der Waals surface area contributed by atoms with E-state index in [0.717, 1.165) is 16.8 Å². The molecule has 0 bridgehead atoms. The number of hydrogen-bond donors (Lipinski definition) is 0. The van der Waals surface area contributed by atoms with Crippen molar-refractivity contribution >= 4 is 0 Å². The molecule has 0 fully saturated rings. The van der Waals surface area contributed by atoms with E-state index in [9.17, 15) is 18.0 Å². The van der Waals surface area contributed by atoms with Gasteiger partial charge in [-0.2, -0.15) is 18.3 Å². The summed E-state index contributed by atoms with van der Waals surface area (Å²) in [6.07, 6.45) is -3.99. The lowest BCUT2D eigenvalue weighted by Crippen LogP contribution is -2.22. The van der Waals surface area contributed by atoms with Gasteiger partial charge in [0.1, 0.15) is 5.82 Å². The van der Waals surface area contributed by atoms with E-state index in [4.69, 9.17) is 0 Å². The number of nitrogens with zero attached hydrogens (tertiary/aromatic N) is 3. The van der Waals surface area contributed by atoms with E-state index in [-0.39, 0.29) is 5.69 Å². The summed E-state index contributed by atoms with van der Waals surface area (Å²) in [7, 11) is 1.46. The molecule has 0 aliphatic heterocycles. The van der Waals surface area contributed by atoms with Gasteiger partial charge in [-0.05, 0) is 18.2 Å². The van der Waals surface area contributed by atoms with Crippen molar-refractivity contribution < 1.29 is 13.2 Å². The van der Waals surface area contributed by atoms with E-state index >= 15 is 0 Å². The first-order chi connectivity index (χ1) is 8.84. The second-order valence-corrected chi connectivity index (χ2v) is 4.06. The minimum absolute atomic E-state index is 0.171. The highest BCUT2D eigenvalue weighted by molar-refractivity contribution is 5.37. The van der Waals surface area contributed by atoms with Crippen LogP contribution in [-0.4, -0.2) is 14.3 Å². The highest BCUT2D eigenvalue weighted by Crippen LogP contribution is 2.30. The highest BCUT2D eigenvalue weighted by Gasteiger charge is 2.30. The predicted molar refractivity (Wildman–Crippen MR) is 63.2 cm³/mol. The first kappa shape index (κ1) is 13.4. The van der Waals surface area contributed by atoms with Crippen molar-refractivity contribution in [3.8, 4) is 5.69 Å². The van der Waals surface area contributed by atoms with E-state index in [0.29, 0.717) is 12.2 Å². The molecule has 4 nitrogen and oxygen atoms in total. The zero-order valence-electron chi connectivity index (χ0n) is 10.4. The Kier molecular flexibility index (Phi) is 3.21. The third-order valence-electron chi connectivity index (χ3n) is 2.74. The van der Waals surface area contributed by atoms with Gasteiger partial charge in [0.25, 0.3) is 0 Å². The third-order valence-corrected chi connectivity index (χ3v) is 2.74. The Hall–Kier alpha value is -2.05. The Labute approximate surface area is 107 Å². The lowest BCUT2D eigenvalue weighted by Gasteiger charge is -2.09. The molecule has 0 amide bonds. The summed E-state index contributed by atoms with van der Waals surface area (Å²) in [5.74, 6) is 0.423. The van der Waals surface area contributed by atoms with Crippen LogP contribution in [0.5, 0.6) is 0 Å². The summed E-state index contributed by atoms with van der Waals surface area (Å²) in [6.45, 7) is 1.78. The second kappa shape index (κ2) is 4.56. The molecular formula is C12H12F3N3O. The second-order valence-electron chi connectivity index (χ2n) is 4.06. The van der Waals surface area contributed by atoms with Crippen LogP contribution >= 0.6 is 0 Å². The minimum Gasteiger partial charge on any atom is -0.247 e. The standard InChI is InChI=1S/C12H12F3N3O/c1-3-10-16-17(2)11(19)18(10)9-6-4-5-8(7-9)12(13,14)15/h4-7H,3H2,1-2H3. The summed E-state index contributed by atoms with van der Waals surface area (Å²) < 4.78 is 40.3. The number of rotatable bonds is 2. The molecule has 2 aromatic rings. The van der Waals surface area contributed by atoms with Crippen LogP contribution in [0.2, 0.25) is 0 Å². The van der Waals surface area contributed by atoms with Crippen LogP contribution in [0.15, 0.2) is 29.1 Å². The molecule has 19 heavy (non-hydrogen) atoms. The Morgan fingerprint density at radius 1 is 1.32 bits per heavy atom. The molecule has 102 valence electrons.